The number of nitrogens with two attached hydrogens (primary N) is 1. The Hall–Kier alpha value is -1.11. The molecule has 0 amide bonds. The van der Waals surface area contributed by atoms with Crippen LogP contribution in [0.15, 0.2) is 23.1 Å². The summed E-state index contributed by atoms with van der Waals surface area (Å²) in [5.41, 5.74) is 6.22. The van der Waals surface area contributed by atoms with Gasteiger partial charge in [-0.25, -0.2) is 8.42 Å². The van der Waals surface area contributed by atoms with Crippen molar-refractivity contribution in [3.8, 4) is 5.75 Å². The lowest BCUT2D eigenvalue weighted by Gasteiger charge is -2.20. The number of sulfonamides is 1. The fraction of sp³-hybridized carbons (Fsp3) is 0.500. The van der Waals surface area contributed by atoms with Gasteiger partial charge < -0.3 is 10.5 Å². The fourth-order valence-electron chi connectivity index (χ4n) is 1.75. The van der Waals surface area contributed by atoms with Crippen LogP contribution in [0.2, 0.25) is 0 Å². The standard InChI is InChI=1S/C12H20N2O3S/c1-4-14(8-7-13)18(15,16)11-5-6-12(17-3)10(2)9-11/h5-6,9H,4,7-8,13H2,1-3H3. The zero-order valence-electron chi connectivity index (χ0n) is 11.0. The molecule has 0 radical (unpaired) electrons. The van der Waals surface area contributed by atoms with E-state index in [1.165, 1.54) is 4.31 Å². The van der Waals surface area contributed by atoms with Gasteiger partial charge in [-0.15, -0.1) is 0 Å². The highest BCUT2D eigenvalue weighted by Crippen LogP contribution is 2.23. The molecule has 18 heavy (non-hydrogen) atoms. The lowest BCUT2D eigenvalue weighted by molar-refractivity contribution is 0.410. The first-order chi connectivity index (χ1) is 8.47. The molecule has 0 atom stereocenters. The second-order valence-corrected chi connectivity index (χ2v) is 5.85. The lowest BCUT2D eigenvalue weighted by Crippen LogP contribution is -2.35. The average molecular weight is 272 g/mol. The van der Waals surface area contributed by atoms with Gasteiger partial charge in [0.25, 0.3) is 0 Å². The smallest absolute Gasteiger partial charge is 0.243 e. The minimum Gasteiger partial charge on any atom is -0.496 e. The second-order valence-electron chi connectivity index (χ2n) is 3.92. The summed E-state index contributed by atoms with van der Waals surface area (Å²) in [6.45, 7) is 4.65. The van der Waals surface area contributed by atoms with Crippen molar-refractivity contribution in [2.75, 3.05) is 26.7 Å². The molecule has 0 saturated carbocycles. The molecule has 2 N–H and O–H groups in total. The molecule has 0 fully saturated rings. The Morgan fingerprint density at radius 2 is 2.06 bits per heavy atom. The number of likely N-dealkylation sites (N-methyl/N-ethyl adjacent to an activating group) is 1. The van der Waals surface area contributed by atoms with E-state index in [-0.39, 0.29) is 4.90 Å². The molecule has 1 rings (SSSR count). The zero-order chi connectivity index (χ0) is 13.8. The van der Waals surface area contributed by atoms with Crippen molar-refractivity contribution < 1.29 is 13.2 Å². The molecule has 6 heteroatoms. The SMILES string of the molecule is CCN(CCN)S(=O)(=O)c1ccc(OC)c(C)c1. The number of hydrogen-bond donors (Lipinski definition) is 1. The second kappa shape index (κ2) is 6.17. The molecule has 102 valence electrons. The highest BCUT2D eigenvalue weighted by Gasteiger charge is 2.22. The molecular formula is C12H20N2O3S. The molecule has 5 nitrogen and oxygen atoms in total. The molecule has 0 aliphatic heterocycles. The van der Waals surface area contributed by atoms with Crippen LogP contribution in [0.25, 0.3) is 0 Å². The van der Waals surface area contributed by atoms with E-state index in [1.54, 1.807) is 32.2 Å². The predicted octanol–water partition coefficient (Wildman–Crippen LogP) is 0.973. The van der Waals surface area contributed by atoms with E-state index in [4.69, 9.17) is 10.5 Å². The zero-order valence-corrected chi connectivity index (χ0v) is 11.8. The Bertz CT molecular complexity index is 500. The highest BCUT2D eigenvalue weighted by atomic mass is 32.2. The molecule has 1 aromatic rings. The first kappa shape index (κ1) is 14.9. The Labute approximate surface area is 109 Å². The van der Waals surface area contributed by atoms with Gasteiger partial charge in [-0.3, -0.25) is 0 Å². The quantitative estimate of drug-likeness (QED) is 0.837. The van der Waals surface area contributed by atoms with Crippen molar-refractivity contribution in [3.05, 3.63) is 23.8 Å². The topological polar surface area (TPSA) is 72.6 Å². The van der Waals surface area contributed by atoms with Gasteiger partial charge in [0.15, 0.2) is 0 Å². The van der Waals surface area contributed by atoms with E-state index in [0.29, 0.717) is 25.4 Å². The number of rotatable bonds is 6. The van der Waals surface area contributed by atoms with Gasteiger partial charge in [0.1, 0.15) is 5.75 Å². The van der Waals surface area contributed by atoms with Crippen LogP contribution in [0.3, 0.4) is 0 Å². The lowest BCUT2D eigenvalue weighted by atomic mass is 10.2. The number of nitrogens with zero attached hydrogens (tertiary/aromatic N) is 1. The average Bonchev–Trinajstić information content (AvgIpc) is 2.35. The molecule has 0 aliphatic rings. The number of methoxy groups -OCH3 is 1. The first-order valence-electron chi connectivity index (χ1n) is 5.82. The third-order valence-electron chi connectivity index (χ3n) is 2.74. The van der Waals surface area contributed by atoms with Gasteiger partial charge in [0.2, 0.25) is 10.0 Å². The summed E-state index contributed by atoms with van der Waals surface area (Å²) in [6.07, 6.45) is 0. The Morgan fingerprint density at radius 1 is 1.39 bits per heavy atom. The molecule has 0 bridgehead atoms. The van der Waals surface area contributed by atoms with E-state index in [2.05, 4.69) is 0 Å². The number of hydrogen-bond acceptors (Lipinski definition) is 4. The van der Waals surface area contributed by atoms with Crippen molar-refractivity contribution in [3.63, 3.8) is 0 Å². The van der Waals surface area contributed by atoms with Crippen molar-refractivity contribution in [2.24, 2.45) is 5.73 Å². The van der Waals surface area contributed by atoms with E-state index < -0.39 is 10.0 Å². The molecule has 0 heterocycles. The molecular weight excluding hydrogens is 252 g/mol. The predicted molar refractivity (Wildman–Crippen MR) is 71.2 cm³/mol. The van der Waals surface area contributed by atoms with Crippen molar-refractivity contribution in [2.45, 2.75) is 18.7 Å². The molecule has 0 aliphatic carbocycles. The largest absolute Gasteiger partial charge is 0.496 e. The molecule has 0 aromatic heterocycles. The first-order valence-corrected chi connectivity index (χ1v) is 7.26. The maximum Gasteiger partial charge on any atom is 0.243 e. The van der Waals surface area contributed by atoms with Gasteiger partial charge in [0, 0.05) is 19.6 Å². The maximum atomic E-state index is 12.3. The van der Waals surface area contributed by atoms with E-state index >= 15 is 0 Å². The Balaban J connectivity index is 3.15. The Kier molecular flexibility index (Phi) is 5.13. The monoisotopic (exact) mass is 272 g/mol. The van der Waals surface area contributed by atoms with Gasteiger partial charge in [0.05, 0.1) is 12.0 Å². The molecule has 1 aromatic carbocycles. The van der Waals surface area contributed by atoms with Crippen LogP contribution in [-0.2, 0) is 10.0 Å². The minimum atomic E-state index is -3.46. The number of ether oxygens (including phenoxy) is 1. The normalized spacial score (nSPS) is 11.8. The number of aryl methyl sites for hydroxylation is 1. The fourth-order valence-corrected chi connectivity index (χ4v) is 3.30. The Morgan fingerprint density at radius 3 is 2.50 bits per heavy atom. The van der Waals surface area contributed by atoms with Crippen LogP contribution in [0.5, 0.6) is 5.75 Å². The van der Waals surface area contributed by atoms with Crippen molar-refractivity contribution >= 4 is 10.0 Å². The van der Waals surface area contributed by atoms with Gasteiger partial charge in [-0.2, -0.15) is 4.31 Å². The van der Waals surface area contributed by atoms with Crippen LogP contribution >= 0.6 is 0 Å². The van der Waals surface area contributed by atoms with Crippen molar-refractivity contribution in [1.29, 1.82) is 0 Å². The van der Waals surface area contributed by atoms with Crippen LogP contribution in [0.4, 0.5) is 0 Å². The van der Waals surface area contributed by atoms with Crippen LogP contribution < -0.4 is 10.5 Å². The summed E-state index contributed by atoms with van der Waals surface area (Å²) < 4.78 is 31.2. The highest BCUT2D eigenvalue weighted by molar-refractivity contribution is 7.89. The summed E-state index contributed by atoms with van der Waals surface area (Å²) >= 11 is 0. The van der Waals surface area contributed by atoms with E-state index in [1.807, 2.05) is 6.92 Å². The summed E-state index contributed by atoms with van der Waals surface area (Å²) in [6, 6.07) is 4.84. The minimum absolute atomic E-state index is 0.274. The van der Waals surface area contributed by atoms with Gasteiger partial charge >= 0.3 is 0 Å². The van der Waals surface area contributed by atoms with Crippen LogP contribution in [-0.4, -0.2) is 39.5 Å². The third-order valence-corrected chi connectivity index (χ3v) is 4.71. The van der Waals surface area contributed by atoms with Crippen LogP contribution in [0, 0.1) is 6.92 Å². The maximum absolute atomic E-state index is 12.3. The van der Waals surface area contributed by atoms with Crippen molar-refractivity contribution in [1.82, 2.24) is 4.31 Å². The molecule has 0 spiro atoms. The van der Waals surface area contributed by atoms with Crippen LogP contribution in [0.1, 0.15) is 12.5 Å². The van der Waals surface area contributed by atoms with Gasteiger partial charge in [-0.05, 0) is 30.7 Å². The molecule has 0 unspecified atom stereocenters. The summed E-state index contributed by atoms with van der Waals surface area (Å²) in [5, 5.41) is 0. The summed E-state index contributed by atoms with van der Waals surface area (Å²) in [4.78, 5) is 0.274. The van der Waals surface area contributed by atoms with Gasteiger partial charge in [-0.1, -0.05) is 6.92 Å². The summed E-state index contributed by atoms with van der Waals surface area (Å²) in [7, 11) is -1.90. The summed E-state index contributed by atoms with van der Waals surface area (Å²) in [5.74, 6) is 0.677. The van der Waals surface area contributed by atoms with E-state index in [0.717, 1.165) is 5.56 Å². The molecule has 0 saturated heterocycles. The third kappa shape index (κ3) is 3.01. The number of benzene rings is 1. The van der Waals surface area contributed by atoms with E-state index in [9.17, 15) is 8.42 Å².